The molecule has 0 spiro atoms. The number of halogens is 3. The quantitative estimate of drug-likeness (QED) is 0.345. The van der Waals surface area contributed by atoms with Gasteiger partial charge in [-0.2, -0.15) is 13.2 Å². The number of carbonyl (C=O) groups is 1. The molecule has 0 fully saturated rings. The first-order valence-corrected chi connectivity index (χ1v) is 10.7. The minimum absolute atomic E-state index is 0.279. The highest BCUT2D eigenvalue weighted by Crippen LogP contribution is 2.31. The van der Waals surface area contributed by atoms with E-state index in [2.05, 4.69) is 16.4 Å². The fourth-order valence-electron chi connectivity index (χ4n) is 3.04. The minimum atomic E-state index is -4.26. The highest BCUT2D eigenvalue weighted by atomic mass is 32.1. The van der Waals surface area contributed by atoms with Crippen molar-refractivity contribution in [1.29, 1.82) is 0 Å². The predicted octanol–water partition coefficient (Wildman–Crippen LogP) is 6.86. The maximum absolute atomic E-state index is 12.5. The fraction of sp³-hybridized carbons (Fsp3) is 0.167. The van der Waals surface area contributed by atoms with Crippen LogP contribution in [0.5, 0.6) is 5.75 Å². The number of carbonyl (C=O) groups excluding carboxylic acids is 1. The van der Waals surface area contributed by atoms with Crippen molar-refractivity contribution in [2.24, 2.45) is 0 Å². The average molecular weight is 456 g/mol. The van der Waals surface area contributed by atoms with Crippen LogP contribution in [0.25, 0.3) is 20.8 Å². The molecule has 0 aliphatic heterocycles. The van der Waals surface area contributed by atoms with Gasteiger partial charge in [0, 0.05) is 16.8 Å². The van der Waals surface area contributed by atoms with Gasteiger partial charge in [0.15, 0.2) is 0 Å². The van der Waals surface area contributed by atoms with Gasteiger partial charge in [-0.25, -0.2) is 4.98 Å². The molecular weight excluding hydrogens is 437 g/mol. The molecule has 1 aromatic heterocycles. The fourth-order valence-corrected chi connectivity index (χ4v) is 4.11. The zero-order valence-corrected chi connectivity index (χ0v) is 17.9. The minimum Gasteiger partial charge on any atom is -0.493 e. The molecule has 0 unspecified atom stereocenters. The van der Waals surface area contributed by atoms with E-state index in [4.69, 9.17) is 4.74 Å². The number of alkyl halides is 3. The van der Waals surface area contributed by atoms with E-state index < -0.39 is 19.2 Å². The van der Waals surface area contributed by atoms with Gasteiger partial charge in [0.05, 0.1) is 23.2 Å². The van der Waals surface area contributed by atoms with Crippen LogP contribution < -0.4 is 10.1 Å². The summed E-state index contributed by atoms with van der Waals surface area (Å²) in [7, 11) is 0. The van der Waals surface area contributed by atoms with Crippen LogP contribution in [0.4, 0.5) is 18.9 Å². The molecule has 0 radical (unpaired) electrons. The lowest BCUT2D eigenvalue weighted by molar-refractivity contribution is -0.139. The molecule has 0 aliphatic rings. The van der Waals surface area contributed by atoms with Crippen LogP contribution in [0.15, 0.2) is 66.7 Å². The van der Waals surface area contributed by atoms with Crippen LogP contribution in [0.2, 0.25) is 0 Å². The zero-order chi connectivity index (χ0) is 22.7. The summed E-state index contributed by atoms with van der Waals surface area (Å²) in [6, 6.07) is 19.5. The smallest absolute Gasteiger partial charge is 0.392 e. The van der Waals surface area contributed by atoms with Crippen molar-refractivity contribution in [3.05, 3.63) is 77.9 Å². The highest BCUT2D eigenvalue weighted by Gasteiger charge is 2.26. The van der Waals surface area contributed by atoms with Crippen molar-refractivity contribution in [2.45, 2.75) is 19.5 Å². The van der Waals surface area contributed by atoms with E-state index >= 15 is 0 Å². The summed E-state index contributed by atoms with van der Waals surface area (Å²) in [4.78, 5) is 17.1. The summed E-state index contributed by atoms with van der Waals surface area (Å²) in [6.45, 7) is 1.58. The second kappa shape index (κ2) is 9.00. The van der Waals surface area contributed by atoms with E-state index in [0.29, 0.717) is 11.3 Å². The standard InChI is InChI=1S/C24H19F3N2O2S/c1-15-2-11-20-21(14-15)32-23(29-20)17-3-7-18(8-4-17)28-22(30)16-5-9-19(10-6-16)31-13-12-24(25,26)27/h2-11,14H,12-13H2,1H3,(H,28,30). The number of amides is 1. The molecule has 32 heavy (non-hydrogen) atoms. The van der Waals surface area contributed by atoms with E-state index in [-0.39, 0.29) is 11.7 Å². The van der Waals surface area contributed by atoms with Crippen LogP contribution in [0.1, 0.15) is 22.3 Å². The first-order chi connectivity index (χ1) is 15.3. The van der Waals surface area contributed by atoms with Gasteiger partial charge in [0.2, 0.25) is 0 Å². The number of thiazole rings is 1. The number of hydrogen-bond donors (Lipinski definition) is 1. The van der Waals surface area contributed by atoms with Crippen LogP contribution in [0, 0.1) is 6.92 Å². The summed E-state index contributed by atoms with van der Waals surface area (Å²) >= 11 is 1.62. The van der Waals surface area contributed by atoms with Crippen molar-refractivity contribution in [2.75, 3.05) is 11.9 Å². The van der Waals surface area contributed by atoms with Crippen molar-refractivity contribution in [3.8, 4) is 16.3 Å². The van der Waals surface area contributed by atoms with Crippen LogP contribution >= 0.6 is 11.3 Å². The van der Waals surface area contributed by atoms with Crippen LogP contribution in [0.3, 0.4) is 0 Å². The third kappa shape index (κ3) is 5.45. The van der Waals surface area contributed by atoms with E-state index in [1.165, 1.54) is 29.8 Å². The number of anilines is 1. The van der Waals surface area contributed by atoms with Gasteiger partial charge in [-0.1, -0.05) is 6.07 Å². The molecule has 164 valence electrons. The summed E-state index contributed by atoms with van der Waals surface area (Å²) < 4.78 is 42.7. The summed E-state index contributed by atoms with van der Waals surface area (Å²) in [5, 5.41) is 3.71. The Morgan fingerprint density at radius 3 is 2.44 bits per heavy atom. The summed E-state index contributed by atoms with van der Waals surface area (Å²) in [5.74, 6) is -0.0452. The lowest BCUT2D eigenvalue weighted by Gasteiger charge is -2.09. The topological polar surface area (TPSA) is 51.2 Å². The Bertz CT molecular complexity index is 1230. The molecule has 0 saturated carbocycles. The van der Waals surface area contributed by atoms with E-state index in [1.54, 1.807) is 23.5 Å². The monoisotopic (exact) mass is 456 g/mol. The lowest BCUT2D eigenvalue weighted by Crippen LogP contribution is -2.13. The molecular formula is C24H19F3N2O2S. The average Bonchev–Trinajstić information content (AvgIpc) is 3.17. The maximum Gasteiger partial charge on any atom is 0.392 e. The molecule has 4 aromatic rings. The third-order valence-electron chi connectivity index (χ3n) is 4.70. The van der Waals surface area contributed by atoms with Crippen molar-refractivity contribution in [1.82, 2.24) is 4.98 Å². The molecule has 1 heterocycles. The number of aromatic nitrogens is 1. The normalized spacial score (nSPS) is 11.5. The molecule has 1 amide bonds. The Morgan fingerprint density at radius 1 is 1.03 bits per heavy atom. The number of hydrogen-bond acceptors (Lipinski definition) is 4. The highest BCUT2D eigenvalue weighted by molar-refractivity contribution is 7.21. The second-order valence-corrected chi connectivity index (χ2v) is 8.29. The first kappa shape index (κ1) is 21.8. The molecule has 4 rings (SSSR count). The number of ether oxygens (including phenoxy) is 1. The first-order valence-electron chi connectivity index (χ1n) is 9.85. The Balaban J connectivity index is 1.38. The Labute approximate surface area is 186 Å². The SMILES string of the molecule is Cc1ccc2nc(-c3ccc(NC(=O)c4ccc(OCCC(F)(F)F)cc4)cc3)sc2c1. The van der Waals surface area contributed by atoms with E-state index in [0.717, 1.165) is 20.8 Å². The molecule has 8 heteroatoms. The largest absolute Gasteiger partial charge is 0.493 e. The van der Waals surface area contributed by atoms with Crippen molar-refractivity contribution in [3.63, 3.8) is 0 Å². The van der Waals surface area contributed by atoms with Gasteiger partial charge in [0.25, 0.3) is 5.91 Å². The summed E-state index contributed by atoms with van der Waals surface area (Å²) in [6.07, 6.45) is -5.29. The van der Waals surface area contributed by atoms with E-state index in [9.17, 15) is 18.0 Å². The number of nitrogens with zero attached hydrogens (tertiary/aromatic N) is 1. The Hall–Kier alpha value is -3.39. The van der Waals surface area contributed by atoms with Gasteiger partial charge >= 0.3 is 6.18 Å². The third-order valence-corrected chi connectivity index (χ3v) is 5.77. The van der Waals surface area contributed by atoms with Gasteiger partial charge in [-0.15, -0.1) is 11.3 Å². The number of benzene rings is 3. The molecule has 0 aliphatic carbocycles. The Morgan fingerprint density at radius 2 is 1.75 bits per heavy atom. The lowest BCUT2D eigenvalue weighted by atomic mass is 10.2. The van der Waals surface area contributed by atoms with Gasteiger partial charge < -0.3 is 10.1 Å². The maximum atomic E-state index is 12.5. The second-order valence-electron chi connectivity index (χ2n) is 7.26. The summed E-state index contributed by atoms with van der Waals surface area (Å²) in [5.41, 5.74) is 4.10. The molecule has 4 nitrogen and oxygen atoms in total. The van der Waals surface area contributed by atoms with Crippen molar-refractivity contribution < 1.29 is 22.7 Å². The number of rotatable bonds is 6. The van der Waals surface area contributed by atoms with Gasteiger partial charge in [-0.05, 0) is 73.2 Å². The number of fused-ring (bicyclic) bond motifs is 1. The molecule has 0 saturated heterocycles. The van der Waals surface area contributed by atoms with E-state index in [1.807, 2.05) is 31.2 Å². The van der Waals surface area contributed by atoms with Crippen molar-refractivity contribution >= 4 is 33.1 Å². The Kier molecular flexibility index (Phi) is 6.14. The predicted molar refractivity (Wildman–Crippen MR) is 120 cm³/mol. The van der Waals surface area contributed by atoms with Gasteiger partial charge in [0.1, 0.15) is 10.8 Å². The van der Waals surface area contributed by atoms with Gasteiger partial charge in [-0.3, -0.25) is 4.79 Å². The molecule has 0 atom stereocenters. The van der Waals surface area contributed by atoms with Crippen LogP contribution in [-0.4, -0.2) is 23.7 Å². The number of nitrogens with one attached hydrogen (secondary N) is 1. The van der Waals surface area contributed by atoms with Crippen LogP contribution in [-0.2, 0) is 0 Å². The number of aryl methyl sites for hydroxylation is 1. The molecule has 3 aromatic carbocycles. The zero-order valence-electron chi connectivity index (χ0n) is 17.1. The molecule has 1 N–H and O–H groups in total. The molecule has 0 bridgehead atoms.